The lowest BCUT2D eigenvalue weighted by Crippen LogP contribution is -2.42. The average molecular weight is 346 g/mol. The molecule has 1 fully saturated rings. The first-order valence-corrected chi connectivity index (χ1v) is 8.91. The van der Waals surface area contributed by atoms with Gasteiger partial charge in [-0.15, -0.1) is 0 Å². The zero-order valence-electron chi connectivity index (χ0n) is 15.9. The second-order valence-corrected chi connectivity index (χ2v) is 7.08. The fourth-order valence-corrected chi connectivity index (χ4v) is 3.47. The molecule has 2 heterocycles. The van der Waals surface area contributed by atoms with E-state index in [0.717, 1.165) is 19.0 Å². The van der Waals surface area contributed by atoms with Crippen LogP contribution in [0.2, 0.25) is 0 Å². The number of aromatic nitrogens is 1. The highest BCUT2D eigenvalue weighted by atomic mass is 16.5. The van der Waals surface area contributed by atoms with E-state index in [9.17, 15) is 4.79 Å². The first kappa shape index (κ1) is 19.2. The molecule has 3 unspecified atom stereocenters. The Morgan fingerprint density at radius 1 is 1.48 bits per heavy atom. The van der Waals surface area contributed by atoms with Crippen molar-refractivity contribution >= 4 is 11.9 Å². The molecule has 1 aliphatic rings. The van der Waals surface area contributed by atoms with Gasteiger partial charge in [-0.1, -0.05) is 26.8 Å². The molecule has 25 heavy (non-hydrogen) atoms. The Morgan fingerprint density at radius 2 is 2.24 bits per heavy atom. The van der Waals surface area contributed by atoms with Gasteiger partial charge in [0.2, 0.25) is 0 Å². The van der Waals surface area contributed by atoms with Crippen molar-refractivity contribution in [1.29, 1.82) is 0 Å². The highest BCUT2D eigenvalue weighted by Crippen LogP contribution is 2.25. The van der Waals surface area contributed by atoms with Gasteiger partial charge in [-0.3, -0.25) is 14.8 Å². The maximum Gasteiger partial charge on any atom is 0.310 e. The Hall–Kier alpha value is -2.11. The van der Waals surface area contributed by atoms with Crippen LogP contribution in [0, 0.1) is 17.8 Å². The highest BCUT2D eigenvalue weighted by Gasteiger charge is 2.37. The Kier molecular flexibility index (Phi) is 6.79. The first-order valence-electron chi connectivity index (χ1n) is 8.91. The Bertz CT molecular complexity index is 588. The Morgan fingerprint density at radius 3 is 2.80 bits per heavy atom. The molecular formula is C19H30N4O2. The van der Waals surface area contributed by atoms with E-state index in [1.54, 1.807) is 13.2 Å². The van der Waals surface area contributed by atoms with E-state index in [1.807, 2.05) is 12.3 Å². The van der Waals surface area contributed by atoms with Crippen LogP contribution in [0.1, 0.15) is 32.3 Å². The van der Waals surface area contributed by atoms with Gasteiger partial charge in [-0.05, 0) is 23.5 Å². The number of rotatable bonds is 5. The van der Waals surface area contributed by atoms with Crippen molar-refractivity contribution in [3.8, 4) is 0 Å². The minimum atomic E-state index is -0.138. The standard InChI is InChI=1S/C19H30N4O2/c1-13(2)16(15-7-6-8-21-9-15)10-22-19(20-4)23-11-14(3)17(12-23)18(24)25-5/h6-9,13-14,16-17H,10-12H2,1-5H3,(H,20,22). The van der Waals surface area contributed by atoms with E-state index in [-0.39, 0.29) is 17.8 Å². The lowest BCUT2D eigenvalue weighted by molar-refractivity contribution is -0.145. The Labute approximate surface area is 150 Å². The number of carbonyl (C=O) groups is 1. The van der Waals surface area contributed by atoms with Gasteiger partial charge in [0.05, 0.1) is 13.0 Å². The number of esters is 1. The summed E-state index contributed by atoms with van der Waals surface area (Å²) in [5, 5.41) is 3.49. The van der Waals surface area contributed by atoms with Crippen LogP contribution in [0.5, 0.6) is 0 Å². The summed E-state index contributed by atoms with van der Waals surface area (Å²) in [6, 6.07) is 4.09. The Balaban J connectivity index is 2.01. The quantitative estimate of drug-likeness (QED) is 0.503. The molecule has 1 aromatic rings. The molecule has 1 aromatic heterocycles. The van der Waals surface area contributed by atoms with Crippen LogP contribution in [-0.2, 0) is 9.53 Å². The van der Waals surface area contributed by atoms with Crippen molar-refractivity contribution in [2.75, 3.05) is 33.8 Å². The summed E-state index contributed by atoms with van der Waals surface area (Å²) in [5.41, 5.74) is 1.22. The van der Waals surface area contributed by atoms with Crippen molar-refractivity contribution in [2.45, 2.75) is 26.7 Å². The van der Waals surface area contributed by atoms with Gasteiger partial charge in [0, 0.05) is 45.0 Å². The van der Waals surface area contributed by atoms with Gasteiger partial charge in [0.15, 0.2) is 5.96 Å². The minimum Gasteiger partial charge on any atom is -0.469 e. The third-order valence-corrected chi connectivity index (χ3v) is 5.03. The summed E-state index contributed by atoms with van der Waals surface area (Å²) in [6.07, 6.45) is 3.73. The molecule has 1 aliphatic heterocycles. The number of guanidine groups is 1. The SMILES string of the molecule is CN=C(NCC(c1cccnc1)C(C)C)N1CC(C)C(C(=O)OC)C1. The molecule has 0 saturated carbocycles. The molecule has 0 spiro atoms. The van der Waals surface area contributed by atoms with Crippen LogP contribution in [0.4, 0.5) is 0 Å². The van der Waals surface area contributed by atoms with E-state index in [4.69, 9.17) is 4.74 Å². The molecule has 0 aliphatic carbocycles. The van der Waals surface area contributed by atoms with Crippen LogP contribution in [0.15, 0.2) is 29.5 Å². The molecule has 6 heteroatoms. The van der Waals surface area contributed by atoms with Gasteiger partial charge in [-0.25, -0.2) is 0 Å². The first-order chi connectivity index (χ1) is 12.0. The number of ether oxygens (including phenoxy) is 1. The largest absolute Gasteiger partial charge is 0.469 e. The zero-order chi connectivity index (χ0) is 18.4. The number of pyridine rings is 1. The van der Waals surface area contributed by atoms with E-state index in [1.165, 1.54) is 12.7 Å². The molecule has 1 saturated heterocycles. The summed E-state index contributed by atoms with van der Waals surface area (Å²) in [4.78, 5) is 22.7. The van der Waals surface area contributed by atoms with Crippen molar-refractivity contribution in [3.63, 3.8) is 0 Å². The smallest absolute Gasteiger partial charge is 0.310 e. The predicted molar refractivity (Wildman–Crippen MR) is 99.4 cm³/mol. The average Bonchev–Trinajstić information content (AvgIpc) is 3.00. The number of likely N-dealkylation sites (tertiary alicyclic amines) is 1. The number of carbonyl (C=O) groups excluding carboxylic acids is 1. The molecule has 138 valence electrons. The second kappa shape index (κ2) is 8.83. The lowest BCUT2D eigenvalue weighted by Gasteiger charge is -2.26. The summed E-state index contributed by atoms with van der Waals surface area (Å²) in [5.74, 6) is 1.69. The van der Waals surface area contributed by atoms with Crippen molar-refractivity contribution < 1.29 is 9.53 Å². The topological polar surface area (TPSA) is 66.8 Å². The number of aliphatic imine (C=N–C) groups is 1. The fourth-order valence-electron chi connectivity index (χ4n) is 3.47. The maximum absolute atomic E-state index is 11.9. The van der Waals surface area contributed by atoms with E-state index < -0.39 is 0 Å². The molecule has 0 amide bonds. The number of hydrogen-bond donors (Lipinski definition) is 1. The molecule has 0 aromatic carbocycles. The summed E-state index contributed by atoms with van der Waals surface area (Å²) < 4.78 is 4.92. The molecule has 1 N–H and O–H groups in total. The maximum atomic E-state index is 11.9. The van der Waals surface area contributed by atoms with Crippen LogP contribution < -0.4 is 5.32 Å². The van der Waals surface area contributed by atoms with Crippen LogP contribution in [-0.4, -0.2) is 55.6 Å². The van der Waals surface area contributed by atoms with Gasteiger partial charge in [0.25, 0.3) is 0 Å². The number of methoxy groups -OCH3 is 1. The van der Waals surface area contributed by atoms with Gasteiger partial charge >= 0.3 is 5.97 Å². The lowest BCUT2D eigenvalue weighted by atomic mass is 9.89. The number of nitrogens with zero attached hydrogens (tertiary/aromatic N) is 3. The van der Waals surface area contributed by atoms with Gasteiger partial charge < -0.3 is 15.0 Å². The van der Waals surface area contributed by atoms with Crippen molar-refractivity contribution in [1.82, 2.24) is 15.2 Å². The molecular weight excluding hydrogens is 316 g/mol. The molecule has 2 rings (SSSR count). The predicted octanol–water partition coefficient (Wildman–Crippen LogP) is 2.14. The van der Waals surface area contributed by atoms with Crippen molar-refractivity contribution in [3.05, 3.63) is 30.1 Å². The van der Waals surface area contributed by atoms with Crippen LogP contribution in [0.3, 0.4) is 0 Å². The minimum absolute atomic E-state index is 0.0947. The third-order valence-electron chi connectivity index (χ3n) is 5.03. The molecule has 0 bridgehead atoms. The molecule has 6 nitrogen and oxygen atoms in total. The summed E-state index contributed by atoms with van der Waals surface area (Å²) in [7, 11) is 3.23. The van der Waals surface area contributed by atoms with Crippen molar-refractivity contribution in [2.24, 2.45) is 22.7 Å². The normalized spacial score (nSPS) is 22.2. The summed E-state index contributed by atoms with van der Waals surface area (Å²) >= 11 is 0. The highest BCUT2D eigenvalue weighted by molar-refractivity contribution is 5.82. The monoisotopic (exact) mass is 346 g/mol. The van der Waals surface area contributed by atoms with Gasteiger partial charge in [0.1, 0.15) is 0 Å². The van der Waals surface area contributed by atoms with Crippen LogP contribution in [0.25, 0.3) is 0 Å². The summed E-state index contributed by atoms with van der Waals surface area (Å²) in [6.45, 7) is 8.75. The molecule has 0 radical (unpaired) electrons. The van der Waals surface area contributed by atoms with Gasteiger partial charge in [-0.2, -0.15) is 0 Å². The fraction of sp³-hybridized carbons (Fsp3) is 0.632. The molecule has 3 atom stereocenters. The van der Waals surface area contributed by atoms with E-state index in [0.29, 0.717) is 18.4 Å². The second-order valence-electron chi connectivity index (χ2n) is 7.08. The number of hydrogen-bond acceptors (Lipinski definition) is 4. The number of nitrogens with one attached hydrogen (secondary N) is 1. The third kappa shape index (κ3) is 4.71. The van der Waals surface area contributed by atoms with Crippen LogP contribution >= 0.6 is 0 Å². The zero-order valence-corrected chi connectivity index (χ0v) is 15.9. The van der Waals surface area contributed by atoms with E-state index in [2.05, 4.69) is 47.0 Å². The van der Waals surface area contributed by atoms with E-state index >= 15 is 0 Å².